The average molecular weight is 484 g/mol. The van der Waals surface area contributed by atoms with Crippen LogP contribution in [-0.2, 0) is 14.4 Å². The molecule has 0 spiro atoms. The second kappa shape index (κ2) is 8.71. The number of fused-ring (bicyclic) bond motifs is 1. The molecule has 2 aliphatic heterocycles. The summed E-state index contributed by atoms with van der Waals surface area (Å²) in [5.41, 5.74) is 1.30. The van der Waals surface area contributed by atoms with E-state index in [9.17, 15) is 19.5 Å². The second-order valence-electron chi connectivity index (χ2n) is 8.07. The van der Waals surface area contributed by atoms with Gasteiger partial charge in [-0.05, 0) is 37.6 Å². The Hall–Kier alpha value is -3.05. The highest BCUT2D eigenvalue weighted by Gasteiger charge is 2.45. The Morgan fingerprint density at radius 3 is 2.61 bits per heavy atom. The van der Waals surface area contributed by atoms with Gasteiger partial charge in [-0.2, -0.15) is 4.99 Å². The summed E-state index contributed by atoms with van der Waals surface area (Å²) in [6.07, 6.45) is 4.95. The Labute approximate surface area is 198 Å². The number of carbonyl (C=O) groups excluding carboxylic acids is 2. The van der Waals surface area contributed by atoms with Crippen molar-refractivity contribution in [3.63, 3.8) is 0 Å². The molecule has 0 radical (unpaired) electrons. The summed E-state index contributed by atoms with van der Waals surface area (Å²) in [6, 6.07) is 6.98. The van der Waals surface area contributed by atoms with E-state index in [-0.39, 0.29) is 22.4 Å². The van der Waals surface area contributed by atoms with Crippen LogP contribution in [0.15, 0.2) is 34.2 Å². The van der Waals surface area contributed by atoms with Crippen molar-refractivity contribution in [1.29, 1.82) is 0 Å². The molecule has 1 aromatic carbocycles. The number of aromatic nitrogens is 2. The molecule has 0 unspecified atom stereocenters. The average Bonchev–Trinajstić information content (AvgIpc) is 3.43. The molecular weight excluding hydrogens is 462 g/mol. The Balaban J connectivity index is 1.62. The van der Waals surface area contributed by atoms with Gasteiger partial charge >= 0.3 is 5.97 Å². The van der Waals surface area contributed by atoms with Crippen LogP contribution in [0.4, 0.5) is 10.8 Å². The number of aliphatic carboxylic acids is 1. The molecule has 170 valence electrons. The van der Waals surface area contributed by atoms with Gasteiger partial charge in [-0.3, -0.25) is 24.2 Å². The zero-order valence-corrected chi connectivity index (χ0v) is 19.5. The van der Waals surface area contributed by atoms with Crippen molar-refractivity contribution in [2.75, 3.05) is 11.4 Å². The van der Waals surface area contributed by atoms with Crippen molar-refractivity contribution in [2.24, 2.45) is 4.99 Å². The standard InChI is InChI=1S/C22H21N5O4S2/c1-12-24-25-21(32-12)23-22-27(13-7-3-2-4-8-13)20(31)18(33-22)17-14-9-5-6-10-15(14)26(19(17)30)11-16(28)29/h5-6,9-10,13H,2-4,7-8,11H2,1H3,(H,28,29)/b18-17-,23-22+. The van der Waals surface area contributed by atoms with Crippen LogP contribution in [0, 0.1) is 6.92 Å². The number of amides is 2. The van der Waals surface area contributed by atoms with Crippen LogP contribution < -0.4 is 4.90 Å². The number of carbonyl (C=O) groups is 3. The van der Waals surface area contributed by atoms with Gasteiger partial charge in [-0.25, -0.2) is 0 Å². The van der Waals surface area contributed by atoms with Gasteiger partial charge < -0.3 is 5.11 Å². The molecule has 0 bridgehead atoms. The lowest BCUT2D eigenvalue weighted by Gasteiger charge is -2.30. The lowest BCUT2D eigenvalue weighted by atomic mass is 9.94. The fourth-order valence-corrected chi connectivity index (χ4v) is 6.23. The number of rotatable bonds is 4. The quantitative estimate of drug-likeness (QED) is 0.661. The Bertz CT molecular complexity index is 1210. The fraction of sp³-hybridized carbons (Fsp3) is 0.364. The molecule has 0 atom stereocenters. The van der Waals surface area contributed by atoms with E-state index in [1.165, 1.54) is 16.2 Å². The summed E-state index contributed by atoms with van der Waals surface area (Å²) >= 11 is 2.50. The first-order chi connectivity index (χ1) is 15.9. The summed E-state index contributed by atoms with van der Waals surface area (Å²) in [6.45, 7) is 1.37. The molecular formula is C22H21N5O4S2. The monoisotopic (exact) mass is 483 g/mol. The van der Waals surface area contributed by atoms with Crippen LogP contribution in [0.5, 0.6) is 0 Å². The minimum atomic E-state index is -1.12. The number of amidine groups is 1. The zero-order chi connectivity index (χ0) is 23.1. The molecule has 2 aromatic rings. The number of anilines is 1. The lowest BCUT2D eigenvalue weighted by Crippen LogP contribution is -2.40. The summed E-state index contributed by atoms with van der Waals surface area (Å²) in [4.78, 5) is 46.3. The van der Waals surface area contributed by atoms with Crippen molar-refractivity contribution in [3.05, 3.63) is 39.7 Å². The Kier molecular flexibility index (Phi) is 5.75. The van der Waals surface area contributed by atoms with Gasteiger partial charge in [0.1, 0.15) is 11.6 Å². The van der Waals surface area contributed by atoms with E-state index in [2.05, 4.69) is 15.2 Å². The molecule has 2 amide bonds. The highest BCUT2D eigenvalue weighted by molar-refractivity contribution is 8.18. The first-order valence-corrected chi connectivity index (χ1v) is 12.3. The predicted molar refractivity (Wildman–Crippen MR) is 126 cm³/mol. The third kappa shape index (κ3) is 3.95. The number of para-hydroxylation sites is 1. The molecule has 3 heterocycles. The number of nitrogens with zero attached hydrogens (tertiary/aromatic N) is 5. The van der Waals surface area contributed by atoms with E-state index in [0.717, 1.165) is 48.9 Å². The van der Waals surface area contributed by atoms with Gasteiger partial charge in [0.05, 0.1) is 16.2 Å². The van der Waals surface area contributed by atoms with Gasteiger partial charge in [0.25, 0.3) is 11.8 Å². The molecule has 1 saturated heterocycles. The van der Waals surface area contributed by atoms with Gasteiger partial charge in [0.15, 0.2) is 5.17 Å². The Morgan fingerprint density at radius 2 is 1.91 bits per heavy atom. The lowest BCUT2D eigenvalue weighted by molar-refractivity contribution is -0.136. The maximum Gasteiger partial charge on any atom is 0.323 e. The molecule has 9 nitrogen and oxygen atoms in total. The topological polar surface area (TPSA) is 116 Å². The van der Waals surface area contributed by atoms with E-state index in [4.69, 9.17) is 0 Å². The van der Waals surface area contributed by atoms with Crippen LogP contribution in [0.3, 0.4) is 0 Å². The number of aryl methyl sites for hydroxylation is 1. The number of thioether (sulfide) groups is 1. The Morgan fingerprint density at radius 1 is 1.15 bits per heavy atom. The van der Waals surface area contributed by atoms with Crippen molar-refractivity contribution < 1.29 is 19.5 Å². The van der Waals surface area contributed by atoms with Crippen LogP contribution in [-0.4, -0.2) is 55.7 Å². The maximum atomic E-state index is 13.7. The highest BCUT2D eigenvalue weighted by atomic mass is 32.2. The minimum Gasteiger partial charge on any atom is -0.480 e. The van der Waals surface area contributed by atoms with Crippen LogP contribution in [0.2, 0.25) is 0 Å². The van der Waals surface area contributed by atoms with E-state index >= 15 is 0 Å². The van der Waals surface area contributed by atoms with Crippen LogP contribution in [0.1, 0.15) is 42.7 Å². The first kappa shape index (κ1) is 21.8. The molecule has 3 aliphatic rings. The molecule has 2 fully saturated rings. The van der Waals surface area contributed by atoms with E-state index in [1.54, 1.807) is 29.2 Å². The number of hydrogen-bond donors (Lipinski definition) is 1. The van der Waals surface area contributed by atoms with E-state index in [0.29, 0.717) is 21.6 Å². The van der Waals surface area contributed by atoms with Crippen LogP contribution in [0.25, 0.3) is 5.57 Å². The number of aliphatic imine (C=N–C) groups is 1. The summed E-state index contributed by atoms with van der Waals surface area (Å²) in [5, 5.41) is 19.1. The van der Waals surface area contributed by atoms with Crippen molar-refractivity contribution >= 4 is 62.4 Å². The van der Waals surface area contributed by atoms with Crippen molar-refractivity contribution in [1.82, 2.24) is 15.1 Å². The number of carboxylic acid groups (broad SMARTS) is 1. The molecule has 1 aliphatic carbocycles. The largest absolute Gasteiger partial charge is 0.480 e. The van der Waals surface area contributed by atoms with Gasteiger partial charge in [0, 0.05) is 11.6 Å². The second-order valence-corrected chi connectivity index (χ2v) is 10.2. The summed E-state index contributed by atoms with van der Waals surface area (Å²) in [5.74, 6) is -1.86. The highest BCUT2D eigenvalue weighted by Crippen LogP contribution is 2.46. The third-order valence-electron chi connectivity index (χ3n) is 5.90. The van der Waals surface area contributed by atoms with Gasteiger partial charge in [-0.15, -0.1) is 10.2 Å². The van der Waals surface area contributed by atoms with Crippen LogP contribution >= 0.6 is 23.1 Å². The number of benzene rings is 1. The fourth-order valence-electron chi connectivity index (χ4n) is 4.48. The molecule has 1 N–H and O–H groups in total. The summed E-state index contributed by atoms with van der Waals surface area (Å²) < 4.78 is 0. The minimum absolute atomic E-state index is 0.00601. The predicted octanol–water partition coefficient (Wildman–Crippen LogP) is 3.58. The first-order valence-electron chi connectivity index (χ1n) is 10.7. The van der Waals surface area contributed by atoms with Gasteiger partial charge in [0.2, 0.25) is 5.13 Å². The number of carboxylic acids is 1. The SMILES string of the molecule is Cc1nnc(/N=C2/S/C(=C3\C(=O)N(CC(=O)O)c4ccccc43)C(=O)N2C2CCCCC2)s1. The molecule has 11 heteroatoms. The maximum absolute atomic E-state index is 13.7. The van der Waals surface area contributed by atoms with E-state index in [1.807, 2.05) is 6.92 Å². The molecule has 1 saturated carbocycles. The summed E-state index contributed by atoms with van der Waals surface area (Å²) in [7, 11) is 0. The third-order valence-corrected chi connectivity index (χ3v) is 7.69. The molecule has 5 rings (SSSR count). The smallest absolute Gasteiger partial charge is 0.323 e. The molecule has 1 aromatic heterocycles. The van der Waals surface area contributed by atoms with Crippen molar-refractivity contribution in [2.45, 2.75) is 45.1 Å². The molecule has 33 heavy (non-hydrogen) atoms. The van der Waals surface area contributed by atoms with Crippen molar-refractivity contribution in [3.8, 4) is 0 Å². The normalized spacial score (nSPS) is 22.5. The van der Waals surface area contributed by atoms with Gasteiger partial charge in [-0.1, -0.05) is 48.8 Å². The number of hydrogen-bond acceptors (Lipinski definition) is 8. The zero-order valence-electron chi connectivity index (χ0n) is 17.9. The van der Waals surface area contributed by atoms with E-state index < -0.39 is 18.4 Å².